The number of hydrogen-bond acceptors (Lipinski definition) is 4. The van der Waals surface area contributed by atoms with Gasteiger partial charge in [0, 0.05) is 27.5 Å². The average molecular weight is 613 g/mol. The van der Waals surface area contributed by atoms with E-state index >= 15 is 0 Å². The molecule has 0 atom stereocenters. The average Bonchev–Trinajstić information content (AvgIpc) is 3.63. The third-order valence-corrected chi connectivity index (χ3v) is 7.87. The van der Waals surface area contributed by atoms with Crippen LogP contribution in [0.15, 0.2) is 168 Å². The van der Waals surface area contributed by atoms with Crippen LogP contribution in [0.4, 0.5) is 0 Å². The Kier molecular flexibility index (Phi) is 4.27. The van der Waals surface area contributed by atoms with Crippen molar-refractivity contribution in [2.24, 2.45) is 0 Å². The molecular formula is C43H27N3O. The second-order valence-corrected chi connectivity index (χ2v) is 10.8. The predicted molar refractivity (Wildman–Crippen MR) is 192 cm³/mol. The van der Waals surface area contributed by atoms with E-state index < -0.39 is 77.6 Å². The molecule has 0 unspecified atom stereocenters. The zero-order chi connectivity index (χ0) is 40.7. The van der Waals surface area contributed by atoms with Crippen molar-refractivity contribution in [2.45, 2.75) is 0 Å². The lowest BCUT2D eigenvalue weighted by atomic mass is 9.98. The SMILES string of the molecule is [2H]c1c([2H])c(-c2c([2H])c([2H])c3c([2H])c([2H])c([2H])c([2H])c3c2[2H])c([2H])c([2H])c1-c1nc(-c2ccccc2)nc(-c2ccc(-c3cccc4oc5ccccc5c34)cc2)n1. The molecule has 4 nitrogen and oxygen atoms in total. The van der Waals surface area contributed by atoms with Crippen molar-refractivity contribution in [1.82, 2.24) is 15.0 Å². The summed E-state index contributed by atoms with van der Waals surface area (Å²) in [4.78, 5) is 14.1. The van der Waals surface area contributed by atoms with Crippen LogP contribution >= 0.6 is 0 Å². The van der Waals surface area contributed by atoms with Crippen LogP contribution in [0.2, 0.25) is 0 Å². The van der Waals surface area contributed by atoms with E-state index in [4.69, 9.17) is 24.5 Å². The molecule has 0 aliphatic carbocycles. The van der Waals surface area contributed by atoms with E-state index in [1.54, 1.807) is 24.3 Å². The Balaban J connectivity index is 1.22. The Morgan fingerprint density at radius 3 is 1.81 bits per heavy atom. The molecule has 4 heteroatoms. The summed E-state index contributed by atoms with van der Waals surface area (Å²) in [5.41, 5.74) is 3.42. The summed E-state index contributed by atoms with van der Waals surface area (Å²) in [6.45, 7) is 0. The van der Waals surface area contributed by atoms with Crippen LogP contribution in [0.5, 0.6) is 0 Å². The normalized spacial score (nSPS) is 14.7. The number of para-hydroxylation sites is 1. The first-order chi connectivity index (χ1) is 27.9. The minimum absolute atomic E-state index is 0.155. The fraction of sp³-hybridized carbons (Fsp3) is 0. The molecule has 0 aliphatic heterocycles. The van der Waals surface area contributed by atoms with Gasteiger partial charge >= 0.3 is 0 Å². The Morgan fingerprint density at radius 1 is 0.426 bits per heavy atom. The molecular weight excluding hydrogens is 574 g/mol. The van der Waals surface area contributed by atoms with Gasteiger partial charge in [-0.25, -0.2) is 15.0 Å². The second-order valence-electron chi connectivity index (χ2n) is 10.8. The fourth-order valence-electron chi connectivity index (χ4n) is 5.60. The molecule has 0 aliphatic rings. The smallest absolute Gasteiger partial charge is 0.164 e. The van der Waals surface area contributed by atoms with Gasteiger partial charge in [0.1, 0.15) is 11.2 Å². The number of fused-ring (bicyclic) bond motifs is 4. The van der Waals surface area contributed by atoms with Crippen molar-refractivity contribution < 1.29 is 19.5 Å². The topological polar surface area (TPSA) is 51.8 Å². The maximum absolute atomic E-state index is 9.15. The number of benzene rings is 7. The predicted octanol–water partition coefficient (Wildman–Crippen LogP) is 11.3. The first-order valence-electron chi connectivity index (χ1n) is 20.3. The van der Waals surface area contributed by atoms with Crippen LogP contribution in [0.1, 0.15) is 15.1 Å². The highest BCUT2D eigenvalue weighted by Gasteiger charge is 2.15. The molecule has 0 saturated heterocycles. The summed E-state index contributed by atoms with van der Waals surface area (Å²) in [6.07, 6.45) is 0. The van der Waals surface area contributed by atoms with Crippen LogP contribution < -0.4 is 0 Å². The van der Waals surface area contributed by atoms with Gasteiger partial charge in [-0.2, -0.15) is 0 Å². The molecule has 2 heterocycles. The van der Waals surface area contributed by atoms with Gasteiger partial charge in [-0.3, -0.25) is 0 Å². The van der Waals surface area contributed by atoms with Gasteiger partial charge in [0.15, 0.2) is 17.5 Å². The minimum atomic E-state index is -0.675. The van der Waals surface area contributed by atoms with Gasteiger partial charge in [-0.1, -0.05) is 145 Å². The summed E-state index contributed by atoms with van der Waals surface area (Å²) in [5.74, 6) is 0.259. The molecule has 0 N–H and O–H groups in total. The van der Waals surface area contributed by atoms with Crippen molar-refractivity contribution in [2.75, 3.05) is 0 Å². The van der Waals surface area contributed by atoms with Gasteiger partial charge in [-0.05, 0) is 51.2 Å². The molecule has 0 radical (unpaired) electrons. The van der Waals surface area contributed by atoms with Crippen LogP contribution in [-0.4, -0.2) is 15.0 Å². The third-order valence-electron chi connectivity index (χ3n) is 7.87. The summed E-state index contributed by atoms with van der Waals surface area (Å²) >= 11 is 0. The Hall–Kier alpha value is -6.39. The molecule has 47 heavy (non-hydrogen) atoms. The van der Waals surface area contributed by atoms with Gasteiger partial charge in [0.2, 0.25) is 0 Å². The summed E-state index contributed by atoms with van der Waals surface area (Å²) in [6, 6.07) is 23.4. The first-order valence-corrected chi connectivity index (χ1v) is 14.8. The van der Waals surface area contributed by atoms with Crippen LogP contribution in [0, 0.1) is 0 Å². The van der Waals surface area contributed by atoms with Crippen molar-refractivity contribution in [3.05, 3.63) is 164 Å². The van der Waals surface area contributed by atoms with Gasteiger partial charge in [-0.15, -0.1) is 0 Å². The number of nitrogens with zero attached hydrogens (tertiary/aromatic N) is 3. The molecule has 0 bridgehead atoms. The molecule has 220 valence electrons. The molecule has 0 fully saturated rings. The van der Waals surface area contributed by atoms with Crippen LogP contribution in [0.25, 0.3) is 89.1 Å². The number of hydrogen-bond donors (Lipinski definition) is 0. The van der Waals surface area contributed by atoms with E-state index in [1.807, 2.05) is 72.8 Å². The van der Waals surface area contributed by atoms with E-state index in [2.05, 4.69) is 9.97 Å². The quantitative estimate of drug-likeness (QED) is 0.194. The largest absolute Gasteiger partial charge is 0.456 e. The molecule has 7 aromatic carbocycles. The Bertz CT molecular complexity index is 3160. The van der Waals surface area contributed by atoms with E-state index in [0.717, 1.165) is 33.1 Å². The molecule has 9 aromatic rings. The van der Waals surface area contributed by atoms with Crippen molar-refractivity contribution in [3.63, 3.8) is 0 Å². The lowest BCUT2D eigenvalue weighted by molar-refractivity contribution is 0.669. The Labute approximate surface area is 287 Å². The summed E-state index contributed by atoms with van der Waals surface area (Å²) in [7, 11) is 0. The van der Waals surface area contributed by atoms with E-state index in [-0.39, 0.29) is 33.8 Å². The molecule has 0 amide bonds. The van der Waals surface area contributed by atoms with Gasteiger partial charge in [0.05, 0.1) is 15.1 Å². The van der Waals surface area contributed by atoms with E-state index in [9.17, 15) is 0 Å². The lowest BCUT2D eigenvalue weighted by Gasteiger charge is -2.10. The van der Waals surface area contributed by atoms with Gasteiger partial charge in [0.25, 0.3) is 0 Å². The van der Waals surface area contributed by atoms with Gasteiger partial charge < -0.3 is 4.42 Å². The molecule has 2 aromatic heterocycles. The number of aromatic nitrogens is 3. The maximum Gasteiger partial charge on any atom is 0.164 e. The maximum atomic E-state index is 9.15. The van der Waals surface area contributed by atoms with Crippen LogP contribution in [-0.2, 0) is 0 Å². The Morgan fingerprint density at radius 2 is 1.02 bits per heavy atom. The number of furan rings is 1. The standard InChI is InChI=1S/C43H27N3O/c1-2-10-31(11-3-1)41-44-42(32-22-17-29(18-23-32)35-26-19-28-9-4-5-12-34(28)27-35)46-43(45-41)33-24-20-30(21-25-33)36-14-8-16-39-40(36)37-13-6-7-15-38(37)47-39/h1-27H/i4D,5D,9D,12D,17D,18D,19D,22D,23D,26D,27D. The summed E-state index contributed by atoms with van der Waals surface area (Å²) < 4.78 is 102. The second kappa shape index (κ2) is 11.2. The fourth-order valence-corrected chi connectivity index (χ4v) is 5.60. The van der Waals surface area contributed by atoms with Crippen LogP contribution in [0.3, 0.4) is 0 Å². The molecule has 0 spiro atoms. The zero-order valence-electron chi connectivity index (χ0n) is 35.5. The highest BCUT2D eigenvalue weighted by Crippen LogP contribution is 2.37. The highest BCUT2D eigenvalue weighted by molar-refractivity contribution is 6.12. The minimum Gasteiger partial charge on any atom is -0.456 e. The zero-order valence-corrected chi connectivity index (χ0v) is 24.5. The molecule has 9 rings (SSSR count). The molecule has 0 saturated carbocycles. The van der Waals surface area contributed by atoms with Crippen molar-refractivity contribution >= 4 is 32.7 Å². The monoisotopic (exact) mass is 612 g/mol. The van der Waals surface area contributed by atoms with Crippen molar-refractivity contribution in [3.8, 4) is 56.4 Å². The summed E-state index contributed by atoms with van der Waals surface area (Å²) in [5, 5.41) is 1.26. The lowest BCUT2D eigenvalue weighted by Crippen LogP contribution is -2.00. The highest BCUT2D eigenvalue weighted by atomic mass is 16.3. The van der Waals surface area contributed by atoms with E-state index in [0.29, 0.717) is 11.1 Å². The number of rotatable bonds is 5. The van der Waals surface area contributed by atoms with Crippen molar-refractivity contribution in [1.29, 1.82) is 0 Å². The first kappa shape index (κ1) is 17.9. The third kappa shape index (κ3) is 4.93. The van der Waals surface area contributed by atoms with E-state index in [1.165, 1.54) is 0 Å².